The summed E-state index contributed by atoms with van der Waals surface area (Å²) in [6, 6.07) is 3.76. The van der Waals surface area contributed by atoms with E-state index in [0.717, 1.165) is 23.4 Å². The average molecular weight is 268 g/mol. The van der Waals surface area contributed by atoms with E-state index in [1.807, 2.05) is 6.07 Å². The SMILES string of the molecule is NC(CCC(=O)O)c1cc(Cl)c2c(c1)CCCC2. The van der Waals surface area contributed by atoms with Crippen LogP contribution >= 0.6 is 11.6 Å². The largest absolute Gasteiger partial charge is 0.481 e. The molecule has 0 saturated carbocycles. The van der Waals surface area contributed by atoms with E-state index in [1.165, 1.54) is 24.0 Å². The molecule has 0 aromatic heterocycles. The van der Waals surface area contributed by atoms with Crippen molar-refractivity contribution in [2.24, 2.45) is 5.73 Å². The van der Waals surface area contributed by atoms with Gasteiger partial charge < -0.3 is 10.8 Å². The van der Waals surface area contributed by atoms with E-state index < -0.39 is 5.97 Å². The highest BCUT2D eigenvalue weighted by atomic mass is 35.5. The van der Waals surface area contributed by atoms with E-state index in [0.29, 0.717) is 6.42 Å². The average Bonchev–Trinajstić information content (AvgIpc) is 2.36. The Kier molecular flexibility index (Phi) is 4.25. The number of fused-ring (bicyclic) bond motifs is 1. The summed E-state index contributed by atoms with van der Waals surface area (Å²) in [5, 5.41) is 9.46. The molecule has 0 spiro atoms. The summed E-state index contributed by atoms with van der Waals surface area (Å²) in [5.41, 5.74) is 9.52. The second-order valence-electron chi connectivity index (χ2n) is 4.89. The Bertz CT molecular complexity index is 459. The number of hydrogen-bond acceptors (Lipinski definition) is 2. The highest BCUT2D eigenvalue weighted by Crippen LogP contribution is 2.31. The van der Waals surface area contributed by atoms with Gasteiger partial charge in [0.25, 0.3) is 0 Å². The predicted octanol–water partition coefficient (Wildman–Crippen LogP) is 3.08. The van der Waals surface area contributed by atoms with E-state index in [1.54, 1.807) is 0 Å². The number of rotatable bonds is 4. The Morgan fingerprint density at radius 1 is 1.39 bits per heavy atom. The van der Waals surface area contributed by atoms with Crippen LogP contribution in [0.2, 0.25) is 5.02 Å². The molecule has 0 heterocycles. The van der Waals surface area contributed by atoms with Crippen LogP contribution in [0.3, 0.4) is 0 Å². The zero-order valence-corrected chi connectivity index (χ0v) is 11.0. The molecular formula is C14H18ClNO2. The minimum atomic E-state index is -0.811. The van der Waals surface area contributed by atoms with Gasteiger partial charge in [0.15, 0.2) is 0 Å². The third-order valence-electron chi connectivity index (χ3n) is 3.53. The summed E-state index contributed by atoms with van der Waals surface area (Å²) in [5.74, 6) is -0.811. The van der Waals surface area contributed by atoms with Crippen molar-refractivity contribution in [2.45, 2.75) is 44.6 Å². The molecule has 2 rings (SSSR count). The normalized spacial score (nSPS) is 16.1. The topological polar surface area (TPSA) is 63.3 Å². The van der Waals surface area contributed by atoms with E-state index in [-0.39, 0.29) is 12.5 Å². The third kappa shape index (κ3) is 3.03. The molecule has 0 radical (unpaired) electrons. The van der Waals surface area contributed by atoms with Gasteiger partial charge in [0.1, 0.15) is 0 Å². The summed E-state index contributed by atoms with van der Waals surface area (Å²) >= 11 is 6.28. The monoisotopic (exact) mass is 267 g/mol. The van der Waals surface area contributed by atoms with Gasteiger partial charge in [-0.1, -0.05) is 17.7 Å². The highest BCUT2D eigenvalue weighted by molar-refractivity contribution is 6.31. The van der Waals surface area contributed by atoms with Gasteiger partial charge in [0, 0.05) is 17.5 Å². The smallest absolute Gasteiger partial charge is 0.303 e. The van der Waals surface area contributed by atoms with Gasteiger partial charge in [-0.05, 0) is 54.9 Å². The van der Waals surface area contributed by atoms with Crippen LogP contribution < -0.4 is 5.73 Å². The van der Waals surface area contributed by atoms with Crippen LogP contribution in [0.1, 0.15) is 48.4 Å². The van der Waals surface area contributed by atoms with Gasteiger partial charge in [-0.25, -0.2) is 0 Å². The molecule has 1 aromatic rings. The fraction of sp³-hybridized carbons (Fsp3) is 0.500. The number of nitrogens with two attached hydrogens (primary N) is 1. The Labute approximate surface area is 112 Å². The third-order valence-corrected chi connectivity index (χ3v) is 3.87. The number of halogens is 1. The Hall–Kier alpha value is -1.06. The predicted molar refractivity (Wildman–Crippen MR) is 71.9 cm³/mol. The van der Waals surface area contributed by atoms with Gasteiger partial charge in [0.05, 0.1) is 0 Å². The van der Waals surface area contributed by atoms with Crippen LogP contribution in [0.4, 0.5) is 0 Å². The molecule has 3 nitrogen and oxygen atoms in total. The van der Waals surface area contributed by atoms with Gasteiger partial charge in [0.2, 0.25) is 0 Å². The van der Waals surface area contributed by atoms with Crippen molar-refractivity contribution in [1.82, 2.24) is 0 Å². The number of carbonyl (C=O) groups is 1. The zero-order chi connectivity index (χ0) is 13.1. The highest BCUT2D eigenvalue weighted by Gasteiger charge is 2.16. The maximum atomic E-state index is 10.6. The van der Waals surface area contributed by atoms with E-state index in [4.69, 9.17) is 22.4 Å². The molecular weight excluding hydrogens is 250 g/mol. The van der Waals surface area contributed by atoms with Gasteiger partial charge >= 0.3 is 5.97 Å². The lowest BCUT2D eigenvalue weighted by Crippen LogP contribution is -2.14. The molecule has 1 unspecified atom stereocenters. The molecule has 1 aliphatic carbocycles. The first-order chi connectivity index (χ1) is 8.58. The van der Waals surface area contributed by atoms with Crippen LogP contribution in [0.5, 0.6) is 0 Å². The lowest BCUT2D eigenvalue weighted by molar-refractivity contribution is -0.137. The van der Waals surface area contributed by atoms with Crippen LogP contribution in [-0.2, 0) is 17.6 Å². The molecule has 0 fully saturated rings. The Morgan fingerprint density at radius 3 is 2.83 bits per heavy atom. The van der Waals surface area contributed by atoms with Gasteiger partial charge in [-0.3, -0.25) is 4.79 Å². The van der Waals surface area contributed by atoms with Crippen molar-refractivity contribution in [1.29, 1.82) is 0 Å². The van der Waals surface area contributed by atoms with Crippen molar-refractivity contribution in [3.05, 3.63) is 33.8 Å². The number of aryl methyl sites for hydroxylation is 1. The molecule has 1 aromatic carbocycles. The lowest BCUT2D eigenvalue weighted by Gasteiger charge is -2.20. The second kappa shape index (κ2) is 5.72. The summed E-state index contributed by atoms with van der Waals surface area (Å²) in [4.78, 5) is 10.6. The van der Waals surface area contributed by atoms with Gasteiger partial charge in [-0.2, -0.15) is 0 Å². The van der Waals surface area contributed by atoms with Crippen molar-refractivity contribution in [3.8, 4) is 0 Å². The minimum Gasteiger partial charge on any atom is -0.481 e. The first-order valence-electron chi connectivity index (χ1n) is 6.36. The maximum absolute atomic E-state index is 10.6. The minimum absolute atomic E-state index is 0.0931. The molecule has 18 heavy (non-hydrogen) atoms. The number of hydrogen-bond donors (Lipinski definition) is 2. The molecule has 1 atom stereocenters. The lowest BCUT2D eigenvalue weighted by atomic mass is 9.88. The van der Waals surface area contributed by atoms with Gasteiger partial charge in [-0.15, -0.1) is 0 Å². The van der Waals surface area contributed by atoms with E-state index in [9.17, 15) is 4.79 Å². The maximum Gasteiger partial charge on any atom is 0.303 e. The first-order valence-corrected chi connectivity index (χ1v) is 6.74. The van der Waals surface area contributed by atoms with Crippen LogP contribution in [0, 0.1) is 0 Å². The van der Waals surface area contributed by atoms with Crippen molar-refractivity contribution in [3.63, 3.8) is 0 Å². The Balaban J connectivity index is 2.18. The summed E-state index contributed by atoms with van der Waals surface area (Å²) in [6.07, 6.45) is 5.02. The van der Waals surface area contributed by atoms with Crippen molar-refractivity contribution >= 4 is 17.6 Å². The molecule has 1 aliphatic rings. The molecule has 0 amide bonds. The second-order valence-corrected chi connectivity index (χ2v) is 5.29. The number of aliphatic carboxylic acids is 1. The number of carboxylic acid groups (broad SMARTS) is 1. The molecule has 0 aliphatic heterocycles. The van der Waals surface area contributed by atoms with Crippen LogP contribution in [0.15, 0.2) is 12.1 Å². The molecule has 3 N–H and O–H groups in total. The molecule has 4 heteroatoms. The fourth-order valence-electron chi connectivity index (χ4n) is 2.50. The number of carboxylic acids is 1. The van der Waals surface area contributed by atoms with E-state index in [2.05, 4.69) is 6.07 Å². The first kappa shape index (κ1) is 13.4. The standard InChI is InChI=1S/C14H18ClNO2/c15-12-8-10(13(16)5-6-14(17)18)7-9-3-1-2-4-11(9)12/h7-8,13H,1-6,16H2,(H,17,18). The van der Waals surface area contributed by atoms with Crippen molar-refractivity contribution in [2.75, 3.05) is 0 Å². The molecule has 98 valence electrons. The summed E-state index contributed by atoms with van der Waals surface area (Å²) < 4.78 is 0. The fourth-order valence-corrected chi connectivity index (χ4v) is 2.84. The molecule has 0 saturated heterocycles. The van der Waals surface area contributed by atoms with Crippen LogP contribution in [0.25, 0.3) is 0 Å². The van der Waals surface area contributed by atoms with E-state index >= 15 is 0 Å². The van der Waals surface area contributed by atoms with Crippen molar-refractivity contribution < 1.29 is 9.90 Å². The number of benzene rings is 1. The van der Waals surface area contributed by atoms with Crippen LogP contribution in [-0.4, -0.2) is 11.1 Å². The Morgan fingerprint density at radius 2 is 2.11 bits per heavy atom. The summed E-state index contributed by atoms with van der Waals surface area (Å²) in [7, 11) is 0. The summed E-state index contributed by atoms with van der Waals surface area (Å²) in [6.45, 7) is 0. The quantitative estimate of drug-likeness (QED) is 0.881. The molecule has 0 bridgehead atoms. The zero-order valence-electron chi connectivity index (χ0n) is 10.3.